The van der Waals surface area contributed by atoms with Crippen molar-refractivity contribution in [2.75, 3.05) is 26.0 Å². The first-order valence-electron chi connectivity index (χ1n) is 10.4. The monoisotopic (exact) mass is 427 g/mol. The smallest absolute Gasteiger partial charge is 0.249 e. The van der Waals surface area contributed by atoms with Crippen LogP contribution in [0.15, 0.2) is 61.3 Å². The first-order chi connectivity index (χ1) is 15.5. The van der Waals surface area contributed by atoms with Gasteiger partial charge in [0.2, 0.25) is 5.91 Å². The van der Waals surface area contributed by atoms with Crippen LogP contribution in [0.1, 0.15) is 12.6 Å². The summed E-state index contributed by atoms with van der Waals surface area (Å²) in [7, 11) is 3.89. The van der Waals surface area contributed by atoms with Crippen molar-refractivity contribution in [3.8, 4) is 22.4 Å². The molecular weight excluding hydrogens is 402 g/mol. The summed E-state index contributed by atoms with van der Waals surface area (Å²) in [5.74, 6) is 0.272. The number of anilines is 1. The van der Waals surface area contributed by atoms with Crippen molar-refractivity contribution >= 4 is 22.8 Å². The fraction of sp³-hybridized carbons (Fsp3) is 0.208. The molecule has 0 unspecified atom stereocenters. The molecular formula is C24H25N7O. The van der Waals surface area contributed by atoms with Gasteiger partial charge >= 0.3 is 0 Å². The molecule has 0 radical (unpaired) electrons. The van der Waals surface area contributed by atoms with Gasteiger partial charge in [0.15, 0.2) is 0 Å². The summed E-state index contributed by atoms with van der Waals surface area (Å²) >= 11 is 0. The molecule has 4 heterocycles. The van der Waals surface area contributed by atoms with Crippen LogP contribution in [0.5, 0.6) is 0 Å². The van der Waals surface area contributed by atoms with E-state index in [2.05, 4.69) is 43.2 Å². The summed E-state index contributed by atoms with van der Waals surface area (Å²) in [5.41, 5.74) is 5.43. The van der Waals surface area contributed by atoms with Gasteiger partial charge in [0.25, 0.3) is 0 Å². The highest BCUT2D eigenvalue weighted by atomic mass is 16.1. The highest BCUT2D eigenvalue weighted by Crippen LogP contribution is 2.30. The number of H-pyrrole nitrogens is 1. The first kappa shape index (κ1) is 21.3. The zero-order valence-electron chi connectivity index (χ0n) is 18.3. The maximum Gasteiger partial charge on any atom is 0.249 e. The summed E-state index contributed by atoms with van der Waals surface area (Å²) in [6.07, 6.45) is 11.2. The van der Waals surface area contributed by atoms with Crippen LogP contribution >= 0.6 is 0 Å². The van der Waals surface area contributed by atoms with E-state index < -0.39 is 0 Å². The Morgan fingerprint density at radius 1 is 1.12 bits per heavy atom. The molecule has 4 aromatic heterocycles. The molecule has 32 heavy (non-hydrogen) atoms. The van der Waals surface area contributed by atoms with Gasteiger partial charge in [-0.2, -0.15) is 0 Å². The second-order valence-electron chi connectivity index (χ2n) is 7.65. The lowest BCUT2D eigenvalue weighted by Gasteiger charge is -2.07. The molecule has 0 fully saturated rings. The summed E-state index contributed by atoms with van der Waals surface area (Å²) in [4.78, 5) is 34.9. The lowest BCUT2D eigenvalue weighted by Crippen LogP contribution is -2.13. The normalized spacial score (nSPS) is 11.5. The second-order valence-corrected chi connectivity index (χ2v) is 7.65. The van der Waals surface area contributed by atoms with Gasteiger partial charge in [-0.1, -0.05) is 13.0 Å². The highest BCUT2D eigenvalue weighted by Gasteiger charge is 2.11. The Morgan fingerprint density at radius 3 is 2.81 bits per heavy atom. The van der Waals surface area contributed by atoms with E-state index in [9.17, 15) is 4.79 Å². The highest BCUT2D eigenvalue weighted by molar-refractivity contribution is 5.99. The van der Waals surface area contributed by atoms with E-state index in [1.807, 2.05) is 49.5 Å². The third-order valence-corrected chi connectivity index (χ3v) is 4.98. The largest absolute Gasteiger partial charge is 0.345 e. The SMILES string of the molecule is CCc1cc(-c2c[nH]c3ncc(-c4ccnc(NC(=O)/C=C/CN(C)C)c4)cc23)ncn1. The molecule has 0 aromatic carbocycles. The molecule has 0 aliphatic heterocycles. The Labute approximate surface area is 186 Å². The molecule has 4 aromatic rings. The predicted molar refractivity (Wildman–Crippen MR) is 126 cm³/mol. The van der Waals surface area contributed by atoms with Gasteiger partial charge in [-0.05, 0) is 50.3 Å². The summed E-state index contributed by atoms with van der Waals surface area (Å²) in [5, 5.41) is 3.78. The van der Waals surface area contributed by atoms with Crippen molar-refractivity contribution in [2.45, 2.75) is 13.3 Å². The Balaban J connectivity index is 1.62. The number of carbonyl (C=O) groups is 1. The number of carbonyl (C=O) groups excluding carboxylic acids is 1. The molecule has 0 bridgehead atoms. The standard InChI is InChI=1S/C24H25N7O/c1-4-18-12-21(29-15-28-18)20-14-27-24-19(20)10-17(13-26-24)16-7-8-25-22(11-16)30-23(32)6-5-9-31(2)3/h5-8,10-15H,4,9H2,1-3H3,(H,26,27)(H,25,30,32)/b6-5+. The summed E-state index contributed by atoms with van der Waals surface area (Å²) in [6, 6.07) is 7.80. The van der Waals surface area contributed by atoms with Gasteiger partial charge in [0, 0.05) is 53.4 Å². The molecule has 0 aliphatic rings. The number of rotatable bonds is 7. The molecule has 2 N–H and O–H groups in total. The Kier molecular flexibility index (Phi) is 6.32. The van der Waals surface area contributed by atoms with Crippen LogP contribution in [0, 0.1) is 0 Å². The van der Waals surface area contributed by atoms with Gasteiger partial charge in [0.05, 0.1) is 5.69 Å². The average molecular weight is 428 g/mol. The van der Waals surface area contributed by atoms with Crippen LogP contribution in [-0.4, -0.2) is 56.4 Å². The van der Waals surface area contributed by atoms with Gasteiger partial charge in [-0.25, -0.2) is 19.9 Å². The molecule has 0 spiro atoms. The number of pyridine rings is 2. The topological polar surface area (TPSA) is 99.7 Å². The third kappa shape index (κ3) is 4.87. The summed E-state index contributed by atoms with van der Waals surface area (Å²) < 4.78 is 0. The van der Waals surface area contributed by atoms with Crippen molar-refractivity contribution < 1.29 is 4.79 Å². The van der Waals surface area contributed by atoms with Crippen LogP contribution in [0.3, 0.4) is 0 Å². The van der Waals surface area contributed by atoms with E-state index in [0.717, 1.165) is 45.5 Å². The molecule has 8 heteroatoms. The number of aromatic nitrogens is 5. The van der Waals surface area contributed by atoms with E-state index in [1.165, 1.54) is 6.08 Å². The quantitative estimate of drug-likeness (QED) is 0.436. The molecule has 0 atom stereocenters. The van der Waals surface area contributed by atoms with Crippen LogP contribution < -0.4 is 5.32 Å². The van der Waals surface area contributed by atoms with Crippen molar-refractivity contribution in [3.63, 3.8) is 0 Å². The Bertz CT molecular complexity index is 1280. The Morgan fingerprint density at radius 2 is 2.00 bits per heavy atom. The van der Waals surface area contributed by atoms with Gasteiger partial charge in [-0.15, -0.1) is 0 Å². The average Bonchev–Trinajstić information content (AvgIpc) is 3.22. The predicted octanol–water partition coefficient (Wildman–Crippen LogP) is 3.70. The molecule has 0 aliphatic carbocycles. The number of aryl methyl sites for hydroxylation is 1. The lowest BCUT2D eigenvalue weighted by atomic mass is 10.1. The number of hydrogen-bond acceptors (Lipinski definition) is 6. The maximum absolute atomic E-state index is 12.2. The van der Waals surface area contributed by atoms with Crippen molar-refractivity contribution in [2.24, 2.45) is 0 Å². The van der Waals surface area contributed by atoms with E-state index >= 15 is 0 Å². The van der Waals surface area contributed by atoms with Crippen LogP contribution in [-0.2, 0) is 11.2 Å². The number of likely N-dealkylation sites (N-methyl/N-ethyl adjacent to an activating group) is 1. The van der Waals surface area contributed by atoms with Gasteiger partial charge in [0.1, 0.15) is 17.8 Å². The van der Waals surface area contributed by atoms with E-state index in [-0.39, 0.29) is 5.91 Å². The Hall–Kier alpha value is -3.91. The minimum absolute atomic E-state index is 0.214. The van der Waals surface area contributed by atoms with E-state index in [1.54, 1.807) is 18.7 Å². The van der Waals surface area contributed by atoms with Crippen molar-refractivity contribution in [1.29, 1.82) is 0 Å². The van der Waals surface area contributed by atoms with Crippen LogP contribution in [0.2, 0.25) is 0 Å². The maximum atomic E-state index is 12.2. The second kappa shape index (κ2) is 9.49. The fourth-order valence-electron chi connectivity index (χ4n) is 3.33. The fourth-order valence-corrected chi connectivity index (χ4v) is 3.33. The molecule has 162 valence electrons. The number of hydrogen-bond donors (Lipinski definition) is 2. The van der Waals surface area contributed by atoms with E-state index in [4.69, 9.17) is 0 Å². The van der Waals surface area contributed by atoms with Gasteiger partial charge in [-0.3, -0.25) is 4.79 Å². The number of nitrogens with zero attached hydrogens (tertiary/aromatic N) is 5. The molecule has 0 saturated heterocycles. The minimum Gasteiger partial charge on any atom is -0.345 e. The minimum atomic E-state index is -0.214. The van der Waals surface area contributed by atoms with E-state index in [0.29, 0.717) is 12.4 Å². The number of aromatic amines is 1. The number of nitrogens with one attached hydrogen (secondary N) is 2. The zero-order valence-corrected chi connectivity index (χ0v) is 18.3. The van der Waals surface area contributed by atoms with Gasteiger partial charge < -0.3 is 15.2 Å². The van der Waals surface area contributed by atoms with Crippen molar-refractivity contribution in [3.05, 3.63) is 67.0 Å². The summed E-state index contributed by atoms with van der Waals surface area (Å²) in [6.45, 7) is 2.76. The molecule has 0 saturated carbocycles. The zero-order chi connectivity index (χ0) is 22.5. The molecule has 8 nitrogen and oxygen atoms in total. The first-order valence-corrected chi connectivity index (χ1v) is 10.4. The van der Waals surface area contributed by atoms with Crippen molar-refractivity contribution in [1.82, 2.24) is 29.8 Å². The lowest BCUT2D eigenvalue weighted by molar-refractivity contribution is -0.111. The number of fused-ring (bicyclic) bond motifs is 1. The van der Waals surface area contributed by atoms with Crippen LogP contribution in [0.4, 0.5) is 5.82 Å². The molecule has 1 amide bonds. The molecule has 4 rings (SSSR count). The van der Waals surface area contributed by atoms with Crippen LogP contribution in [0.25, 0.3) is 33.4 Å². The number of amides is 1. The third-order valence-electron chi connectivity index (χ3n) is 4.98.